The van der Waals surface area contributed by atoms with Gasteiger partial charge in [-0.3, -0.25) is 4.90 Å². The minimum absolute atomic E-state index is 0.759. The zero-order valence-electron chi connectivity index (χ0n) is 12.8. The minimum Gasteiger partial charge on any atom is -0.315 e. The predicted octanol–water partition coefficient (Wildman–Crippen LogP) is 3.01. The summed E-state index contributed by atoms with van der Waals surface area (Å²) in [6.45, 7) is 5.99. The molecule has 1 saturated heterocycles. The maximum atomic E-state index is 3.59. The van der Waals surface area contributed by atoms with Gasteiger partial charge in [-0.2, -0.15) is 0 Å². The number of nitrogens with zero attached hydrogens (tertiary/aromatic N) is 1. The van der Waals surface area contributed by atoms with Gasteiger partial charge in [0.15, 0.2) is 0 Å². The van der Waals surface area contributed by atoms with Crippen molar-refractivity contribution in [2.24, 2.45) is 0 Å². The second kappa shape index (κ2) is 6.73. The molecular weight excluding hydrogens is 244 g/mol. The van der Waals surface area contributed by atoms with E-state index < -0.39 is 0 Å². The Labute approximate surface area is 123 Å². The predicted molar refractivity (Wildman–Crippen MR) is 85.1 cm³/mol. The molecule has 2 atom stereocenters. The first-order chi connectivity index (χ1) is 9.88. The largest absolute Gasteiger partial charge is 0.315 e. The Morgan fingerprint density at radius 1 is 1.15 bits per heavy atom. The average Bonchev–Trinajstić information content (AvgIpc) is 2.53. The number of fused-ring (bicyclic) bond motifs is 1. The maximum Gasteiger partial charge on any atom is 0.0224 e. The van der Waals surface area contributed by atoms with E-state index in [-0.39, 0.29) is 0 Å². The molecule has 3 rings (SSSR count). The zero-order valence-corrected chi connectivity index (χ0v) is 12.8. The van der Waals surface area contributed by atoms with Crippen molar-refractivity contribution in [1.82, 2.24) is 10.2 Å². The van der Waals surface area contributed by atoms with E-state index in [2.05, 4.69) is 41.4 Å². The van der Waals surface area contributed by atoms with Crippen LogP contribution in [0.25, 0.3) is 0 Å². The van der Waals surface area contributed by atoms with Crippen molar-refractivity contribution in [3.63, 3.8) is 0 Å². The molecule has 1 heterocycles. The number of hydrogen-bond donors (Lipinski definition) is 1. The van der Waals surface area contributed by atoms with E-state index in [1.165, 1.54) is 58.2 Å². The Morgan fingerprint density at radius 3 is 2.75 bits per heavy atom. The van der Waals surface area contributed by atoms with Gasteiger partial charge in [0, 0.05) is 18.6 Å². The molecule has 110 valence electrons. The normalized spacial score (nSPS) is 26.5. The highest BCUT2D eigenvalue weighted by Crippen LogP contribution is 2.27. The van der Waals surface area contributed by atoms with Crippen LogP contribution in [-0.2, 0) is 12.8 Å². The van der Waals surface area contributed by atoms with Crippen molar-refractivity contribution in [2.75, 3.05) is 19.6 Å². The molecule has 0 bridgehead atoms. The highest BCUT2D eigenvalue weighted by Gasteiger charge is 2.29. The molecule has 2 unspecified atom stereocenters. The summed E-state index contributed by atoms with van der Waals surface area (Å²) < 4.78 is 0. The van der Waals surface area contributed by atoms with E-state index in [9.17, 15) is 0 Å². The number of rotatable bonds is 4. The summed E-state index contributed by atoms with van der Waals surface area (Å²) in [5.74, 6) is 0. The van der Waals surface area contributed by atoms with Gasteiger partial charge in [-0.25, -0.2) is 0 Å². The Balaban J connectivity index is 1.72. The van der Waals surface area contributed by atoms with Crippen LogP contribution in [-0.4, -0.2) is 36.6 Å². The molecule has 1 aromatic carbocycles. The molecule has 0 radical (unpaired) electrons. The van der Waals surface area contributed by atoms with Gasteiger partial charge in [0.2, 0.25) is 0 Å². The fraction of sp³-hybridized carbons (Fsp3) is 0.667. The number of aryl methyl sites for hydroxylation is 1. The van der Waals surface area contributed by atoms with E-state index in [1.54, 1.807) is 11.1 Å². The van der Waals surface area contributed by atoms with Crippen molar-refractivity contribution in [3.05, 3.63) is 35.4 Å². The molecule has 20 heavy (non-hydrogen) atoms. The van der Waals surface area contributed by atoms with Crippen molar-refractivity contribution < 1.29 is 0 Å². The molecular formula is C18H28N2. The zero-order chi connectivity index (χ0) is 13.8. The summed E-state index contributed by atoms with van der Waals surface area (Å²) in [5.41, 5.74) is 3.18. The van der Waals surface area contributed by atoms with Gasteiger partial charge in [-0.05, 0) is 62.7 Å². The standard InChI is InChI=1S/C18H28N2/c1-2-12-20(18-8-5-11-19-14-18)17-10-9-15-6-3-4-7-16(15)13-17/h3-4,6-7,17-19H,2,5,8-14H2,1H3. The number of nitrogens with one attached hydrogen (secondary N) is 1. The molecule has 0 amide bonds. The summed E-state index contributed by atoms with van der Waals surface area (Å²) in [5, 5.41) is 3.59. The van der Waals surface area contributed by atoms with Crippen LogP contribution in [0.4, 0.5) is 0 Å². The first kappa shape index (κ1) is 14.1. The first-order valence-corrected chi connectivity index (χ1v) is 8.41. The van der Waals surface area contributed by atoms with Crippen LogP contribution in [0.3, 0.4) is 0 Å². The van der Waals surface area contributed by atoms with Gasteiger partial charge < -0.3 is 5.32 Å². The Kier molecular flexibility index (Phi) is 4.74. The van der Waals surface area contributed by atoms with Gasteiger partial charge in [-0.1, -0.05) is 31.2 Å². The van der Waals surface area contributed by atoms with Crippen LogP contribution in [0.5, 0.6) is 0 Å². The van der Waals surface area contributed by atoms with Crippen LogP contribution < -0.4 is 5.32 Å². The summed E-state index contributed by atoms with van der Waals surface area (Å²) in [6, 6.07) is 10.6. The van der Waals surface area contributed by atoms with E-state index in [0.717, 1.165) is 12.1 Å². The topological polar surface area (TPSA) is 15.3 Å². The molecule has 0 aromatic heterocycles. The summed E-state index contributed by atoms with van der Waals surface area (Å²) in [6.07, 6.45) is 7.86. The molecule has 0 saturated carbocycles. The molecule has 2 nitrogen and oxygen atoms in total. The van der Waals surface area contributed by atoms with Crippen LogP contribution >= 0.6 is 0 Å². The van der Waals surface area contributed by atoms with Crippen LogP contribution in [0.1, 0.15) is 43.7 Å². The van der Waals surface area contributed by atoms with Gasteiger partial charge in [0.25, 0.3) is 0 Å². The quantitative estimate of drug-likeness (QED) is 0.906. The molecule has 1 aromatic rings. The maximum absolute atomic E-state index is 3.59. The molecule has 2 aliphatic rings. The van der Waals surface area contributed by atoms with Crippen LogP contribution in [0.15, 0.2) is 24.3 Å². The van der Waals surface area contributed by atoms with E-state index in [0.29, 0.717) is 0 Å². The highest BCUT2D eigenvalue weighted by atomic mass is 15.2. The smallest absolute Gasteiger partial charge is 0.0224 e. The highest BCUT2D eigenvalue weighted by molar-refractivity contribution is 5.30. The lowest BCUT2D eigenvalue weighted by molar-refractivity contribution is 0.102. The Hall–Kier alpha value is -0.860. The second-order valence-corrected chi connectivity index (χ2v) is 6.40. The van der Waals surface area contributed by atoms with E-state index >= 15 is 0 Å². The third kappa shape index (κ3) is 3.07. The van der Waals surface area contributed by atoms with Gasteiger partial charge >= 0.3 is 0 Å². The number of piperidine rings is 1. The van der Waals surface area contributed by atoms with Gasteiger partial charge in [-0.15, -0.1) is 0 Å². The van der Waals surface area contributed by atoms with Crippen molar-refractivity contribution in [3.8, 4) is 0 Å². The van der Waals surface area contributed by atoms with Crippen LogP contribution in [0, 0.1) is 0 Å². The number of benzene rings is 1. The Morgan fingerprint density at radius 2 is 2.00 bits per heavy atom. The third-order valence-electron chi connectivity index (χ3n) is 5.01. The summed E-state index contributed by atoms with van der Waals surface area (Å²) in [4.78, 5) is 2.82. The van der Waals surface area contributed by atoms with E-state index in [1.807, 2.05) is 0 Å². The van der Waals surface area contributed by atoms with Crippen molar-refractivity contribution in [1.29, 1.82) is 0 Å². The van der Waals surface area contributed by atoms with Gasteiger partial charge in [0.1, 0.15) is 0 Å². The van der Waals surface area contributed by atoms with Crippen molar-refractivity contribution in [2.45, 2.75) is 57.5 Å². The molecule has 1 fully saturated rings. The fourth-order valence-electron chi connectivity index (χ4n) is 4.00. The Bertz CT molecular complexity index is 423. The molecule has 1 N–H and O–H groups in total. The molecule has 1 aliphatic carbocycles. The van der Waals surface area contributed by atoms with Crippen LogP contribution in [0.2, 0.25) is 0 Å². The third-order valence-corrected chi connectivity index (χ3v) is 5.01. The molecule has 1 aliphatic heterocycles. The molecule has 0 spiro atoms. The minimum atomic E-state index is 0.759. The summed E-state index contributed by atoms with van der Waals surface area (Å²) in [7, 11) is 0. The van der Waals surface area contributed by atoms with E-state index in [4.69, 9.17) is 0 Å². The second-order valence-electron chi connectivity index (χ2n) is 6.40. The fourth-order valence-corrected chi connectivity index (χ4v) is 4.00. The lowest BCUT2D eigenvalue weighted by atomic mass is 9.86. The van der Waals surface area contributed by atoms with Crippen molar-refractivity contribution >= 4 is 0 Å². The van der Waals surface area contributed by atoms with Gasteiger partial charge in [0.05, 0.1) is 0 Å². The SMILES string of the molecule is CCCN(C1CCCNC1)C1CCc2ccccc2C1. The molecule has 2 heteroatoms. The summed E-state index contributed by atoms with van der Waals surface area (Å²) >= 11 is 0. The number of hydrogen-bond acceptors (Lipinski definition) is 2. The first-order valence-electron chi connectivity index (χ1n) is 8.41. The average molecular weight is 272 g/mol. The lowest BCUT2D eigenvalue weighted by Gasteiger charge is -2.42. The lowest BCUT2D eigenvalue weighted by Crippen LogP contribution is -2.52. The monoisotopic (exact) mass is 272 g/mol.